The number of rotatable bonds is 4. The molecule has 136 valence electrons. The summed E-state index contributed by atoms with van der Waals surface area (Å²) in [4.78, 5) is 15.7. The third-order valence-electron chi connectivity index (χ3n) is 4.80. The van der Waals surface area contributed by atoms with Crippen molar-refractivity contribution in [3.63, 3.8) is 0 Å². The number of aryl methyl sites for hydroxylation is 2. The van der Waals surface area contributed by atoms with E-state index in [0.717, 1.165) is 22.0 Å². The van der Waals surface area contributed by atoms with Crippen LogP contribution in [0.15, 0.2) is 29.6 Å². The summed E-state index contributed by atoms with van der Waals surface area (Å²) in [5.74, 6) is -0.103. The van der Waals surface area contributed by atoms with Crippen molar-refractivity contribution in [3.8, 4) is 10.6 Å². The number of nitrogens with one attached hydrogen (secondary N) is 1. The maximum atomic E-state index is 12.9. The molecule has 0 radical (unpaired) electrons. The maximum absolute atomic E-state index is 12.9. The number of hydrogen-bond acceptors (Lipinski definition) is 5. The van der Waals surface area contributed by atoms with Crippen LogP contribution in [-0.4, -0.2) is 55.1 Å². The van der Waals surface area contributed by atoms with Crippen molar-refractivity contribution in [1.82, 2.24) is 24.9 Å². The van der Waals surface area contributed by atoms with Gasteiger partial charge < -0.3 is 10.0 Å². The number of aromatic nitrogens is 4. The summed E-state index contributed by atoms with van der Waals surface area (Å²) in [6.07, 6.45) is 0.113. The number of aliphatic hydroxyl groups is 1. The molecule has 7 nitrogen and oxygen atoms in total. The van der Waals surface area contributed by atoms with Crippen molar-refractivity contribution in [3.05, 3.63) is 46.7 Å². The Morgan fingerprint density at radius 1 is 1.42 bits per heavy atom. The minimum atomic E-state index is -0.541. The first-order chi connectivity index (χ1) is 12.5. The Morgan fingerprint density at radius 3 is 2.96 bits per heavy atom. The molecule has 1 saturated heterocycles. The summed E-state index contributed by atoms with van der Waals surface area (Å²) >= 11 is 1.60. The highest BCUT2D eigenvalue weighted by molar-refractivity contribution is 7.13. The number of hydrogen-bond donors (Lipinski definition) is 2. The molecule has 1 aliphatic rings. The monoisotopic (exact) mass is 371 g/mol. The van der Waals surface area contributed by atoms with Gasteiger partial charge in [0.2, 0.25) is 0 Å². The van der Waals surface area contributed by atoms with Crippen LogP contribution in [0.3, 0.4) is 0 Å². The molecule has 0 saturated carbocycles. The number of aliphatic hydroxyl groups excluding tert-OH is 1. The smallest absolute Gasteiger partial charge is 0.272 e. The van der Waals surface area contributed by atoms with E-state index >= 15 is 0 Å². The summed E-state index contributed by atoms with van der Waals surface area (Å²) < 4.78 is 1.62. The van der Waals surface area contributed by atoms with Crippen LogP contribution in [0.5, 0.6) is 0 Å². The van der Waals surface area contributed by atoms with Crippen molar-refractivity contribution in [2.75, 3.05) is 13.1 Å². The quantitative estimate of drug-likeness (QED) is 0.733. The van der Waals surface area contributed by atoms with E-state index in [1.54, 1.807) is 28.0 Å². The topological polar surface area (TPSA) is 87.0 Å². The number of β-amino-alcohol motifs (C(OH)–C–C–N with tert-alkyl or cyclic N) is 1. The Morgan fingerprint density at radius 2 is 2.27 bits per heavy atom. The van der Waals surface area contributed by atoms with E-state index in [1.165, 1.54) is 0 Å². The molecule has 0 unspecified atom stereocenters. The molecule has 2 atom stereocenters. The third kappa shape index (κ3) is 3.17. The van der Waals surface area contributed by atoms with Crippen LogP contribution in [0.25, 0.3) is 10.6 Å². The van der Waals surface area contributed by atoms with Gasteiger partial charge in [-0.1, -0.05) is 6.07 Å². The molecular formula is C18H21N5O2S. The first-order valence-corrected chi connectivity index (χ1v) is 9.45. The van der Waals surface area contributed by atoms with Crippen molar-refractivity contribution >= 4 is 17.2 Å². The molecular weight excluding hydrogens is 350 g/mol. The molecule has 3 aromatic rings. The first kappa shape index (κ1) is 17.0. The molecule has 0 aromatic carbocycles. The highest BCUT2D eigenvalue weighted by Gasteiger charge is 2.35. The molecule has 0 aliphatic carbocycles. The summed E-state index contributed by atoms with van der Waals surface area (Å²) in [5.41, 5.74) is 3.25. The standard InChI is InChI=1S/C18H21N5O2S/c1-11-6-13(20-19-11)7-12-9-23(10-16(12)24)18(25)15-8-14(21-22(15)2)17-4-3-5-26-17/h3-6,8,12,16,24H,7,9-10H2,1-2H3,(H,19,20)/t12-,16-/m1/s1. The van der Waals surface area contributed by atoms with Crippen LogP contribution >= 0.6 is 11.3 Å². The van der Waals surface area contributed by atoms with E-state index in [2.05, 4.69) is 15.3 Å². The lowest BCUT2D eigenvalue weighted by Gasteiger charge is -2.15. The van der Waals surface area contributed by atoms with Crippen molar-refractivity contribution in [1.29, 1.82) is 0 Å². The van der Waals surface area contributed by atoms with Crippen LogP contribution in [0.2, 0.25) is 0 Å². The fourth-order valence-corrected chi connectivity index (χ4v) is 4.12. The van der Waals surface area contributed by atoms with Gasteiger partial charge in [0.25, 0.3) is 5.91 Å². The zero-order chi connectivity index (χ0) is 18.3. The number of H-pyrrole nitrogens is 1. The van der Waals surface area contributed by atoms with Crippen LogP contribution in [-0.2, 0) is 13.5 Å². The molecule has 1 aliphatic heterocycles. The predicted molar refractivity (Wildman–Crippen MR) is 99.0 cm³/mol. The Hall–Kier alpha value is -2.45. The minimum absolute atomic E-state index is 0.00774. The molecule has 4 rings (SSSR count). The van der Waals surface area contributed by atoms with Gasteiger partial charge in [-0.25, -0.2) is 0 Å². The first-order valence-electron chi connectivity index (χ1n) is 8.57. The average Bonchev–Trinajstić information content (AvgIpc) is 3.36. The van der Waals surface area contributed by atoms with Gasteiger partial charge in [0.15, 0.2) is 0 Å². The molecule has 3 aromatic heterocycles. The van der Waals surface area contributed by atoms with Crippen LogP contribution in [0.4, 0.5) is 0 Å². The van der Waals surface area contributed by atoms with Gasteiger partial charge in [-0.05, 0) is 36.9 Å². The number of nitrogens with zero attached hydrogens (tertiary/aromatic N) is 4. The highest BCUT2D eigenvalue weighted by Crippen LogP contribution is 2.26. The Labute approximate surface area is 155 Å². The Bertz CT molecular complexity index is 914. The fourth-order valence-electron chi connectivity index (χ4n) is 3.44. The Kier molecular flexibility index (Phi) is 4.37. The van der Waals surface area contributed by atoms with Crippen LogP contribution in [0, 0.1) is 12.8 Å². The lowest BCUT2D eigenvalue weighted by atomic mass is 10.0. The molecule has 0 spiro atoms. The van der Waals surface area contributed by atoms with Gasteiger partial charge in [-0.15, -0.1) is 11.3 Å². The van der Waals surface area contributed by atoms with E-state index in [0.29, 0.717) is 25.2 Å². The fraction of sp³-hybridized carbons (Fsp3) is 0.389. The zero-order valence-electron chi connectivity index (χ0n) is 14.7. The average molecular weight is 371 g/mol. The van der Waals surface area contributed by atoms with Crippen molar-refractivity contribution in [2.45, 2.75) is 19.4 Å². The Balaban J connectivity index is 1.49. The van der Waals surface area contributed by atoms with Crippen molar-refractivity contribution in [2.24, 2.45) is 13.0 Å². The number of carbonyl (C=O) groups is 1. The van der Waals surface area contributed by atoms with Gasteiger partial charge >= 0.3 is 0 Å². The maximum Gasteiger partial charge on any atom is 0.272 e. The van der Waals surface area contributed by atoms with Gasteiger partial charge in [0.05, 0.1) is 16.7 Å². The normalized spacial score (nSPS) is 20.0. The summed E-state index contributed by atoms with van der Waals surface area (Å²) in [5, 5.41) is 24.0. The van der Waals surface area contributed by atoms with Crippen LogP contribution in [0.1, 0.15) is 21.9 Å². The number of aromatic amines is 1. The molecule has 8 heteroatoms. The molecule has 0 bridgehead atoms. The van der Waals surface area contributed by atoms with Gasteiger partial charge in [-0.3, -0.25) is 14.6 Å². The third-order valence-corrected chi connectivity index (χ3v) is 5.69. The lowest BCUT2D eigenvalue weighted by molar-refractivity contribution is 0.0754. The molecule has 26 heavy (non-hydrogen) atoms. The second kappa shape index (κ2) is 6.69. The van der Waals surface area contributed by atoms with E-state index < -0.39 is 6.10 Å². The number of carbonyl (C=O) groups excluding carboxylic acids is 1. The number of likely N-dealkylation sites (tertiary alicyclic amines) is 1. The predicted octanol–water partition coefficient (Wildman–Crippen LogP) is 1.86. The van der Waals surface area contributed by atoms with Crippen LogP contribution < -0.4 is 0 Å². The molecule has 4 heterocycles. The molecule has 2 N–H and O–H groups in total. The molecule has 1 amide bonds. The van der Waals surface area contributed by atoms with E-state index in [9.17, 15) is 9.90 Å². The minimum Gasteiger partial charge on any atom is -0.391 e. The van der Waals surface area contributed by atoms with Gasteiger partial charge in [0, 0.05) is 31.7 Å². The SMILES string of the molecule is Cc1cc(C[C@@H]2CN(C(=O)c3cc(-c4cccs4)nn3C)C[C@H]2O)n[nH]1. The van der Waals surface area contributed by atoms with E-state index in [1.807, 2.05) is 36.6 Å². The number of thiophene rings is 1. The zero-order valence-corrected chi connectivity index (χ0v) is 15.5. The summed E-state index contributed by atoms with van der Waals surface area (Å²) in [7, 11) is 1.78. The molecule has 1 fully saturated rings. The van der Waals surface area contributed by atoms with Crippen molar-refractivity contribution < 1.29 is 9.90 Å². The van der Waals surface area contributed by atoms with Gasteiger partial charge in [0.1, 0.15) is 11.4 Å². The van der Waals surface area contributed by atoms with E-state index in [4.69, 9.17) is 0 Å². The largest absolute Gasteiger partial charge is 0.391 e. The number of amides is 1. The second-order valence-corrected chi connectivity index (χ2v) is 7.75. The van der Waals surface area contributed by atoms with Gasteiger partial charge in [-0.2, -0.15) is 10.2 Å². The van der Waals surface area contributed by atoms with E-state index in [-0.39, 0.29) is 11.8 Å². The lowest BCUT2D eigenvalue weighted by Crippen LogP contribution is -2.31. The summed E-state index contributed by atoms with van der Waals surface area (Å²) in [6.45, 7) is 2.81. The second-order valence-electron chi connectivity index (χ2n) is 6.80. The summed E-state index contributed by atoms with van der Waals surface area (Å²) in [6, 6.07) is 7.76. The highest BCUT2D eigenvalue weighted by atomic mass is 32.1.